The average molecular weight is 641 g/mol. The summed E-state index contributed by atoms with van der Waals surface area (Å²) in [6, 6.07) is 17.7. The number of fused-ring (bicyclic) bond motifs is 2. The second-order valence-corrected chi connectivity index (χ2v) is 10.0. The first-order valence-electron chi connectivity index (χ1n) is 11.3. The highest BCUT2D eigenvalue weighted by molar-refractivity contribution is 9.10. The Morgan fingerprint density at radius 1 is 1.16 bits per heavy atom. The van der Waals surface area contributed by atoms with Crippen LogP contribution < -0.4 is 15.0 Å². The van der Waals surface area contributed by atoms with Gasteiger partial charge in [0.05, 0.1) is 28.7 Å². The molecule has 1 atom stereocenters. The van der Waals surface area contributed by atoms with Gasteiger partial charge in [-0.3, -0.25) is 4.79 Å². The number of methoxy groups -OCH3 is 1. The number of furan rings is 1. The number of aromatic nitrogens is 2. The van der Waals surface area contributed by atoms with Crippen molar-refractivity contribution in [1.29, 1.82) is 0 Å². The lowest BCUT2D eigenvalue weighted by atomic mass is 10.2. The molecule has 11 heteroatoms. The van der Waals surface area contributed by atoms with Gasteiger partial charge in [0.2, 0.25) is 5.82 Å². The molecule has 0 fully saturated rings. The summed E-state index contributed by atoms with van der Waals surface area (Å²) in [4.78, 5) is 29.4. The van der Waals surface area contributed by atoms with Gasteiger partial charge >= 0.3 is 5.97 Å². The second-order valence-electron chi connectivity index (χ2n) is 8.24. The molecule has 2 aromatic heterocycles. The van der Waals surface area contributed by atoms with E-state index in [0.29, 0.717) is 38.0 Å². The van der Waals surface area contributed by atoms with Gasteiger partial charge in [-0.15, -0.1) is 0 Å². The van der Waals surface area contributed by atoms with Crippen LogP contribution in [0.1, 0.15) is 12.5 Å². The van der Waals surface area contributed by atoms with E-state index in [1.165, 1.54) is 24.9 Å². The molecule has 0 saturated heterocycles. The Labute approximate surface area is 232 Å². The van der Waals surface area contributed by atoms with Gasteiger partial charge in [0.25, 0.3) is 5.56 Å². The molecule has 1 N–H and O–H groups in total. The number of hydrogen-bond donors (Lipinski definition) is 1. The van der Waals surface area contributed by atoms with Gasteiger partial charge in [-0.1, -0.05) is 28.1 Å². The Morgan fingerprint density at radius 3 is 2.71 bits per heavy atom. The maximum atomic E-state index is 13.5. The third-order valence-electron chi connectivity index (χ3n) is 5.67. The van der Waals surface area contributed by atoms with E-state index in [1.54, 1.807) is 42.5 Å². The van der Waals surface area contributed by atoms with Crippen LogP contribution in [0.5, 0.6) is 11.5 Å². The van der Waals surface area contributed by atoms with E-state index in [0.717, 1.165) is 9.86 Å². The van der Waals surface area contributed by atoms with Gasteiger partial charge in [-0.2, -0.15) is 9.78 Å². The number of halogens is 2. The summed E-state index contributed by atoms with van der Waals surface area (Å²) in [5, 5.41) is 14.9. The Kier molecular flexibility index (Phi) is 7.04. The smallest absolute Gasteiger partial charge is 0.344 e. The quantitative estimate of drug-likeness (QED) is 0.214. The molecule has 3 aromatic carbocycles. The van der Waals surface area contributed by atoms with Crippen LogP contribution in [0, 0.1) is 0 Å². The van der Waals surface area contributed by atoms with Crippen molar-refractivity contribution in [2.75, 3.05) is 7.11 Å². The first kappa shape index (κ1) is 25.7. The first-order valence-corrected chi connectivity index (χ1v) is 12.9. The number of para-hydroxylation sites is 1. The number of hydrogen-bond acceptors (Lipinski definition) is 7. The van der Waals surface area contributed by atoms with E-state index in [-0.39, 0.29) is 17.1 Å². The summed E-state index contributed by atoms with van der Waals surface area (Å²) in [5.41, 5.74) is 1.34. The number of ether oxygens (including phenoxy) is 2. The van der Waals surface area contributed by atoms with Crippen LogP contribution in [-0.4, -0.2) is 40.2 Å². The predicted molar refractivity (Wildman–Crippen MR) is 150 cm³/mol. The average Bonchev–Trinajstić information content (AvgIpc) is 3.32. The van der Waals surface area contributed by atoms with Crippen molar-refractivity contribution in [1.82, 2.24) is 9.66 Å². The minimum absolute atomic E-state index is 0.234. The van der Waals surface area contributed by atoms with Crippen LogP contribution in [0.25, 0.3) is 33.5 Å². The number of nitrogens with zero attached hydrogens (tertiary/aromatic N) is 3. The number of aliphatic carboxylic acids is 1. The zero-order chi connectivity index (χ0) is 27.0. The van der Waals surface area contributed by atoms with Gasteiger partial charge in [0.1, 0.15) is 5.58 Å². The van der Waals surface area contributed by atoms with Gasteiger partial charge < -0.3 is 19.0 Å². The van der Waals surface area contributed by atoms with E-state index in [9.17, 15) is 14.7 Å². The molecule has 5 rings (SSSR count). The molecule has 0 bridgehead atoms. The van der Waals surface area contributed by atoms with Crippen molar-refractivity contribution in [2.45, 2.75) is 13.0 Å². The van der Waals surface area contributed by atoms with Gasteiger partial charge in [-0.05, 0) is 76.9 Å². The molecule has 9 nitrogen and oxygen atoms in total. The highest BCUT2D eigenvalue weighted by Gasteiger charge is 2.20. The topological polar surface area (TPSA) is 116 Å². The summed E-state index contributed by atoms with van der Waals surface area (Å²) in [6.07, 6.45) is 0.382. The van der Waals surface area contributed by atoms with E-state index >= 15 is 0 Å². The number of rotatable bonds is 7. The largest absolute Gasteiger partial charge is 0.493 e. The predicted octanol–water partition coefficient (Wildman–Crippen LogP) is 6.08. The number of carboxylic acids is 1. The summed E-state index contributed by atoms with van der Waals surface area (Å²) in [5.74, 6) is 0.0271. The zero-order valence-electron chi connectivity index (χ0n) is 20.0. The minimum Gasteiger partial charge on any atom is -0.493 e. The summed E-state index contributed by atoms with van der Waals surface area (Å²) >= 11 is 6.87. The lowest BCUT2D eigenvalue weighted by molar-refractivity contribution is -0.144. The first-order chi connectivity index (χ1) is 18.2. The fourth-order valence-electron chi connectivity index (χ4n) is 3.79. The summed E-state index contributed by atoms with van der Waals surface area (Å²) in [7, 11) is 1.44. The second kappa shape index (κ2) is 10.4. The maximum absolute atomic E-state index is 13.5. The van der Waals surface area contributed by atoms with Crippen LogP contribution in [0.2, 0.25) is 0 Å². The van der Waals surface area contributed by atoms with Crippen molar-refractivity contribution >= 4 is 65.9 Å². The van der Waals surface area contributed by atoms with Crippen LogP contribution in [0.4, 0.5) is 0 Å². The van der Waals surface area contributed by atoms with Crippen LogP contribution in [0.15, 0.2) is 83.9 Å². The van der Waals surface area contributed by atoms with E-state index in [4.69, 9.17) is 13.9 Å². The van der Waals surface area contributed by atoms with Crippen molar-refractivity contribution < 1.29 is 23.8 Å². The number of carbonyl (C=O) groups is 1. The molecule has 0 radical (unpaired) electrons. The van der Waals surface area contributed by atoms with Crippen LogP contribution in [-0.2, 0) is 4.79 Å². The van der Waals surface area contributed by atoms with Crippen LogP contribution >= 0.6 is 31.9 Å². The molecule has 0 amide bonds. The Hall–Kier alpha value is -3.96. The lowest BCUT2D eigenvalue weighted by Crippen LogP contribution is -2.23. The van der Waals surface area contributed by atoms with Crippen molar-refractivity contribution in [2.24, 2.45) is 5.10 Å². The molecule has 0 aliphatic rings. The zero-order valence-corrected chi connectivity index (χ0v) is 23.2. The van der Waals surface area contributed by atoms with Crippen LogP contribution in [0.3, 0.4) is 0 Å². The van der Waals surface area contributed by atoms with Gasteiger partial charge in [0.15, 0.2) is 23.4 Å². The van der Waals surface area contributed by atoms with Crippen molar-refractivity contribution in [3.05, 3.63) is 85.5 Å². The van der Waals surface area contributed by atoms with E-state index < -0.39 is 12.1 Å². The molecule has 0 aliphatic heterocycles. The molecule has 0 spiro atoms. The molecule has 192 valence electrons. The van der Waals surface area contributed by atoms with Crippen molar-refractivity contribution in [3.63, 3.8) is 0 Å². The Morgan fingerprint density at radius 2 is 1.95 bits per heavy atom. The third kappa shape index (κ3) is 4.94. The molecular formula is C27H19Br2N3O6. The maximum Gasteiger partial charge on any atom is 0.344 e. The van der Waals surface area contributed by atoms with E-state index in [1.807, 2.05) is 18.2 Å². The molecular weight excluding hydrogens is 622 g/mol. The molecule has 5 aromatic rings. The SMILES string of the molecule is COc1cc(C=Nn2c(-c3cc4cc(Br)ccc4o3)nc3ccccc3c2=O)cc(Br)c1O[C@@H](C)C(=O)O. The standard InChI is InChI=1S/C27H19Br2N3O6/c1-14(27(34)35)37-24-19(29)9-15(10-22(24)36-2)13-30-32-25(31-20-6-4-3-5-18(20)26(32)33)23-12-16-11-17(28)7-8-21(16)38-23/h3-14H,1-2H3,(H,34,35)/t14-/m0/s1. The Balaban J connectivity index is 1.63. The lowest BCUT2D eigenvalue weighted by Gasteiger charge is -2.16. The number of carboxylic acid groups (broad SMARTS) is 1. The van der Waals surface area contributed by atoms with Gasteiger partial charge in [-0.25, -0.2) is 9.78 Å². The highest BCUT2D eigenvalue weighted by atomic mass is 79.9. The Bertz CT molecular complexity index is 1790. The van der Waals surface area contributed by atoms with Crippen molar-refractivity contribution in [3.8, 4) is 23.1 Å². The number of benzene rings is 3. The molecule has 38 heavy (non-hydrogen) atoms. The third-order valence-corrected chi connectivity index (χ3v) is 6.75. The van der Waals surface area contributed by atoms with Gasteiger partial charge in [0, 0.05) is 9.86 Å². The molecule has 2 heterocycles. The normalized spacial score (nSPS) is 12.3. The van der Waals surface area contributed by atoms with E-state index in [2.05, 4.69) is 41.9 Å². The molecule has 0 saturated carbocycles. The molecule has 0 unspecified atom stereocenters. The minimum atomic E-state index is -1.11. The summed E-state index contributed by atoms with van der Waals surface area (Å²) in [6.45, 7) is 1.42. The fraction of sp³-hybridized carbons (Fsp3) is 0.111. The monoisotopic (exact) mass is 639 g/mol. The fourth-order valence-corrected chi connectivity index (χ4v) is 4.73. The molecule has 0 aliphatic carbocycles. The summed E-state index contributed by atoms with van der Waals surface area (Å²) < 4.78 is 19.5. The highest BCUT2D eigenvalue weighted by Crippen LogP contribution is 2.37.